The van der Waals surface area contributed by atoms with Crippen molar-refractivity contribution >= 4 is 5.90 Å². The van der Waals surface area contributed by atoms with Crippen LogP contribution in [0.3, 0.4) is 0 Å². The van der Waals surface area contributed by atoms with Gasteiger partial charge in [0.15, 0.2) is 5.90 Å². The topological polar surface area (TPSA) is 21.6 Å². The van der Waals surface area contributed by atoms with Crippen molar-refractivity contribution in [1.29, 1.82) is 0 Å². The van der Waals surface area contributed by atoms with E-state index in [2.05, 4.69) is 18.8 Å². The maximum atomic E-state index is 12.7. The van der Waals surface area contributed by atoms with Crippen molar-refractivity contribution in [2.75, 3.05) is 6.61 Å². The second-order valence-electron chi connectivity index (χ2n) is 4.45. The van der Waals surface area contributed by atoms with E-state index in [0.29, 0.717) is 18.9 Å². The Morgan fingerprint density at radius 2 is 2.06 bits per heavy atom. The molecule has 0 amide bonds. The van der Waals surface area contributed by atoms with Gasteiger partial charge in [0.25, 0.3) is 0 Å². The van der Waals surface area contributed by atoms with E-state index >= 15 is 0 Å². The van der Waals surface area contributed by atoms with Gasteiger partial charge >= 0.3 is 0 Å². The Hall–Kier alpha value is -1.38. The monoisotopic (exact) mass is 221 g/mol. The quantitative estimate of drug-likeness (QED) is 0.769. The van der Waals surface area contributed by atoms with Gasteiger partial charge in [0, 0.05) is 6.42 Å². The van der Waals surface area contributed by atoms with E-state index in [4.69, 9.17) is 4.74 Å². The molecule has 3 heteroatoms. The zero-order chi connectivity index (χ0) is 11.5. The third kappa shape index (κ3) is 2.60. The maximum absolute atomic E-state index is 12.7. The molecular weight excluding hydrogens is 205 g/mol. The van der Waals surface area contributed by atoms with E-state index < -0.39 is 0 Å². The second kappa shape index (κ2) is 4.64. The predicted octanol–water partition coefficient (Wildman–Crippen LogP) is 2.82. The summed E-state index contributed by atoms with van der Waals surface area (Å²) in [5.74, 6) is 1.06. The van der Waals surface area contributed by atoms with Crippen molar-refractivity contribution in [2.45, 2.75) is 26.3 Å². The van der Waals surface area contributed by atoms with Crippen molar-refractivity contribution in [3.63, 3.8) is 0 Å². The smallest absolute Gasteiger partial charge is 0.188 e. The highest BCUT2D eigenvalue weighted by Gasteiger charge is 2.21. The third-order valence-corrected chi connectivity index (χ3v) is 2.77. The van der Waals surface area contributed by atoms with Crippen LogP contribution in [0.1, 0.15) is 19.4 Å². The highest BCUT2D eigenvalue weighted by Crippen LogP contribution is 2.16. The third-order valence-electron chi connectivity index (χ3n) is 2.77. The molecule has 1 aliphatic rings. The minimum Gasteiger partial charge on any atom is -0.478 e. The summed E-state index contributed by atoms with van der Waals surface area (Å²) in [6, 6.07) is 6.74. The minimum absolute atomic E-state index is 0.210. The van der Waals surface area contributed by atoms with Crippen LogP contribution in [0.4, 0.5) is 4.39 Å². The number of rotatable bonds is 3. The van der Waals surface area contributed by atoms with Gasteiger partial charge in [-0.05, 0) is 23.6 Å². The molecule has 0 N–H and O–H groups in total. The number of benzene rings is 1. The summed E-state index contributed by atoms with van der Waals surface area (Å²) < 4.78 is 18.2. The lowest BCUT2D eigenvalue weighted by atomic mass is 10.1. The fraction of sp³-hybridized carbons (Fsp3) is 0.462. The Bertz CT molecular complexity index is 383. The molecule has 1 atom stereocenters. The first kappa shape index (κ1) is 11.1. The summed E-state index contributed by atoms with van der Waals surface area (Å²) in [5.41, 5.74) is 1.03. The molecule has 0 bridgehead atoms. The number of hydrogen-bond acceptors (Lipinski definition) is 2. The summed E-state index contributed by atoms with van der Waals surface area (Å²) in [4.78, 5) is 4.51. The molecule has 0 aliphatic carbocycles. The van der Waals surface area contributed by atoms with E-state index in [1.807, 2.05) is 0 Å². The molecule has 0 saturated heterocycles. The van der Waals surface area contributed by atoms with Crippen molar-refractivity contribution < 1.29 is 9.13 Å². The van der Waals surface area contributed by atoms with Crippen LogP contribution in [0.25, 0.3) is 0 Å². The Morgan fingerprint density at radius 1 is 1.38 bits per heavy atom. The number of nitrogens with zero attached hydrogens (tertiary/aromatic N) is 1. The van der Waals surface area contributed by atoms with Crippen molar-refractivity contribution in [2.24, 2.45) is 10.9 Å². The van der Waals surface area contributed by atoms with Gasteiger partial charge in [-0.2, -0.15) is 0 Å². The van der Waals surface area contributed by atoms with Gasteiger partial charge in [-0.3, -0.25) is 0 Å². The lowest BCUT2D eigenvalue weighted by Gasteiger charge is -2.06. The molecule has 0 saturated carbocycles. The van der Waals surface area contributed by atoms with Gasteiger partial charge in [-0.15, -0.1) is 0 Å². The molecule has 2 rings (SSSR count). The van der Waals surface area contributed by atoms with Gasteiger partial charge in [-0.1, -0.05) is 26.0 Å². The van der Waals surface area contributed by atoms with Gasteiger partial charge in [0.1, 0.15) is 12.4 Å². The van der Waals surface area contributed by atoms with Gasteiger partial charge < -0.3 is 4.74 Å². The Balaban J connectivity index is 2.01. The molecular formula is C13H16FNO. The van der Waals surface area contributed by atoms with Crippen LogP contribution in [0.15, 0.2) is 29.3 Å². The first-order valence-corrected chi connectivity index (χ1v) is 5.59. The highest BCUT2D eigenvalue weighted by atomic mass is 19.1. The van der Waals surface area contributed by atoms with Crippen molar-refractivity contribution in [1.82, 2.24) is 0 Å². The molecule has 0 radical (unpaired) electrons. The van der Waals surface area contributed by atoms with Gasteiger partial charge in [0.05, 0.1) is 6.04 Å². The molecule has 1 aromatic rings. The normalized spacial score (nSPS) is 19.8. The molecule has 1 unspecified atom stereocenters. The van der Waals surface area contributed by atoms with Crippen LogP contribution in [-0.4, -0.2) is 18.5 Å². The lowest BCUT2D eigenvalue weighted by molar-refractivity contribution is 0.287. The summed E-state index contributed by atoms with van der Waals surface area (Å²) in [6.45, 7) is 4.95. The van der Waals surface area contributed by atoms with Crippen LogP contribution >= 0.6 is 0 Å². The van der Waals surface area contributed by atoms with Gasteiger partial charge in [0.2, 0.25) is 0 Å². The molecule has 2 nitrogen and oxygen atoms in total. The second-order valence-corrected chi connectivity index (χ2v) is 4.45. The van der Waals surface area contributed by atoms with Crippen LogP contribution in [-0.2, 0) is 11.2 Å². The molecule has 1 heterocycles. The minimum atomic E-state index is -0.210. The van der Waals surface area contributed by atoms with E-state index in [9.17, 15) is 4.39 Å². The molecule has 16 heavy (non-hydrogen) atoms. The first-order chi connectivity index (χ1) is 7.65. The van der Waals surface area contributed by atoms with E-state index in [1.165, 1.54) is 12.1 Å². The summed E-state index contributed by atoms with van der Waals surface area (Å²) in [7, 11) is 0. The zero-order valence-electron chi connectivity index (χ0n) is 9.61. The fourth-order valence-corrected chi connectivity index (χ4v) is 1.66. The van der Waals surface area contributed by atoms with E-state index in [0.717, 1.165) is 11.5 Å². The molecule has 0 fully saturated rings. The number of aliphatic imine (C=N–C) groups is 1. The standard InChI is InChI=1S/C13H16FNO/c1-9(2)12-8-16-13(15-12)7-10-3-5-11(14)6-4-10/h3-6,9,12H,7-8H2,1-2H3. The molecule has 1 aliphatic heterocycles. The van der Waals surface area contributed by atoms with Crippen molar-refractivity contribution in [3.8, 4) is 0 Å². The van der Waals surface area contributed by atoms with Crippen LogP contribution in [0.5, 0.6) is 0 Å². The van der Waals surface area contributed by atoms with Gasteiger partial charge in [-0.25, -0.2) is 9.38 Å². The Labute approximate surface area is 95.2 Å². The summed E-state index contributed by atoms with van der Waals surface area (Å²) in [6.07, 6.45) is 0.656. The Kier molecular flexibility index (Phi) is 3.22. The van der Waals surface area contributed by atoms with Crippen molar-refractivity contribution in [3.05, 3.63) is 35.6 Å². The largest absolute Gasteiger partial charge is 0.478 e. The number of ether oxygens (including phenoxy) is 1. The molecule has 86 valence electrons. The summed E-state index contributed by atoms with van der Waals surface area (Å²) >= 11 is 0. The number of halogens is 1. The average Bonchev–Trinajstić information content (AvgIpc) is 2.70. The van der Waals surface area contributed by atoms with Crippen LogP contribution in [0, 0.1) is 11.7 Å². The highest BCUT2D eigenvalue weighted by molar-refractivity contribution is 5.80. The zero-order valence-corrected chi connectivity index (χ0v) is 9.61. The van der Waals surface area contributed by atoms with E-state index in [-0.39, 0.29) is 11.9 Å². The predicted molar refractivity (Wildman–Crippen MR) is 62.1 cm³/mol. The van der Waals surface area contributed by atoms with E-state index in [1.54, 1.807) is 12.1 Å². The average molecular weight is 221 g/mol. The van der Waals surface area contributed by atoms with Crippen LogP contribution in [0.2, 0.25) is 0 Å². The molecule has 1 aromatic carbocycles. The lowest BCUT2D eigenvalue weighted by Crippen LogP contribution is -2.13. The maximum Gasteiger partial charge on any atom is 0.188 e. The molecule has 0 aromatic heterocycles. The SMILES string of the molecule is CC(C)C1COC(Cc2ccc(F)cc2)=N1. The molecule has 0 spiro atoms. The number of hydrogen-bond donors (Lipinski definition) is 0. The first-order valence-electron chi connectivity index (χ1n) is 5.59. The van der Waals surface area contributed by atoms with Crippen LogP contribution < -0.4 is 0 Å². The fourth-order valence-electron chi connectivity index (χ4n) is 1.66. The summed E-state index contributed by atoms with van der Waals surface area (Å²) in [5, 5.41) is 0. The Morgan fingerprint density at radius 3 is 2.62 bits per heavy atom.